The summed E-state index contributed by atoms with van der Waals surface area (Å²) in [4.78, 5) is 6.44. The first-order valence-electron chi connectivity index (χ1n) is 7.93. The summed E-state index contributed by atoms with van der Waals surface area (Å²) in [6.07, 6.45) is 1.25. The monoisotopic (exact) mass is 321 g/mol. The molecule has 3 rings (SSSR count). The Bertz CT molecular complexity index is 734. The van der Waals surface area contributed by atoms with Crippen molar-refractivity contribution in [2.45, 2.75) is 19.6 Å². The summed E-state index contributed by atoms with van der Waals surface area (Å²) in [6.45, 7) is 1.61. The number of nitrogens with zero attached hydrogens (tertiary/aromatic N) is 2. The maximum absolute atomic E-state index is 13.5. The summed E-state index contributed by atoms with van der Waals surface area (Å²) in [7, 11) is 0. The molecule has 0 spiro atoms. The molecule has 0 amide bonds. The third-order valence-electron chi connectivity index (χ3n) is 3.86. The van der Waals surface area contributed by atoms with Crippen LogP contribution in [-0.2, 0) is 19.6 Å². The number of hydrogen-bond acceptors (Lipinski definition) is 3. The number of pyridine rings is 1. The van der Waals surface area contributed by atoms with Crippen LogP contribution in [0.2, 0.25) is 0 Å². The molecular weight excluding hydrogens is 301 g/mol. The molecule has 2 N–H and O–H groups in total. The van der Waals surface area contributed by atoms with Gasteiger partial charge in [-0.2, -0.15) is 0 Å². The molecule has 1 heterocycles. The fourth-order valence-corrected chi connectivity index (χ4v) is 2.72. The second-order valence-electron chi connectivity index (χ2n) is 5.67. The number of aromatic nitrogens is 1. The minimum Gasteiger partial charge on any atom is -0.348 e. The molecule has 0 saturated heterocycles. The normalized spacial score (nSPS) is 10.6. The summed E-state index contributed by atoms with van der Waals surface area (Å²) in [5.74, 6) is 0.366. The van der Waals surface area contributed by atoms with Gasteiger partial charge in [0.1, 0.15) is 11.6 Å². The second kappa shape index (κ2) is 7.70. The molecule has 0 aliphatic heterocycles. The largest absolute Gasteiger partial charge is 0.348 e. The molecule has 0 bridgehead atoms. The van der Waals surface area contributed by atoms with Gasteiger partial charge < -0.3 is 10.6 Å². The molecule has 0 unspecified atom stereocenters. The topological polar surface area (TPSA) is 42.1 Å². The molecule has 2 aromatic carbocycles. The maximum Gasteiger partial charge on any atom is 0.141 e. The van der Waals surface area contributed by atoms with Crippen LogP contribution in [0.3, 0.4) is 0 Å². The quantitative estimate of drug-likeness (QED) is 0.749. The minimum absolute atomic E-state index is 0.250. The summed E-state index contributed by atoms with van der Waals surface area (Å²) >= 11 is 0. The lowest BCUT2D eigenvalue weighted by Gasteiger charge is -2.26. The fourth-order valence-electron chi connectivity index (χ4n) is 2.72. The van der Waals surface area contributed by atoms with E-state index in [9.17, 15) is 4.39 Å². The van der Waals surface area contributed by atoms with Crippen molar-refractivity contribution >= 4 is 5.82 Å². The second-order valence-corrected chi connectivity index (χ2v) is 5.67. The zero-order valence-corrected chi connectivity index (χ0v) is 13.4. The zero-order chi connectivity index (χ0) is 16.8. The Hall–Kier alpha value is -2.72. The number of nitrogens with two attached hydrogens (primary N) is 1. The predicted octanol–water partition coefficient (Wildman–Crippen LogP) is 3.89. The van der Waals surface area contributed by atoms with Crippen molar-refractivity contribution in [2.24, 2.45) is 5.73 Å². The van der Waals surface area contributed by atoms with Gasteiger partial charge in [-0.3, -0.25) is 0 Å². The van der Waals surface area contributed by atoms with E-state index in [1.807, 2.05) is 36.4 Å². The van der Waals surface area contributed by atoms with Crippen molar-refractivity contribution < 1.29 is 4.39 Å². The van der Waals surface area contributed by atoms with Crippen molar-refractivity contribution in [3.8, 4) is 0 Å². The number of hydrogen-bond donors (Lipinski definition) is 1. The van der Waals surface area contributed by atoms with E-state index in [1.165, 1.54) is 23.4 Å². The van der Waals surface area contributed by atoms with Crippen LogP contribution in [0.15, 0.2) is 72.9 Å². The number of benzene rings is 2. The number of halogens is 1. The molecule has 0 fully saturated rings. The van der Waals surface area contributed by atoms with Crippen molar-refractivity contribution in [2.75, 3.05) is 4.90 Å². The third kappa shape index (κ3) is 3.97. The smallest absolute Gasteiger partial charge is 0.141 e. The highest BCUT2D eigenvalue weighted by Crippen LogP contribution is 2.22. The van der Waals surface area contributed by atoms with Gasteiger partial charge in [0.15, 0.2) is 0 Å². The third-order valence-corrected chi connectivity index (χ3v) is 3.86. The van der Waals surface area contributed by atoms with Crippen LogP contribution in [-0.4, -0.2) is 4.98 Å². The Balaban J connectivity index is 1.95. The SMILES string of the molecule is NCc1cc(F)cnc1N(Cc1ccccc1)Cc1ccccc1. The molecule has 0 aliphatic carbocycles. The zero-order valence-electron chi connectivity index (χ0n) is 13.4. The Morgan fingerprint density at radius 2 is 1.42 bits per heavy atom. The average Bonchev–Trinajstić information content (AvgIpc) is 2.63. The van der Waals surface area contributed by atoms with Crippen LogP contribution in [0.1, 0.15) is 16.7 Å². The van der Waals surface area contributed by atoms with E-state index in [1.54, 1.807) is 0 Å². The van der Waals surface area contributed by atoms with E-state index < -0.39 is 0 Å². The number of rotatable bonds is 6. The van der Waals surface area contributed by atoms with Crippen molar-refractivity contribution in [3.63, 3.8) is 0 Å². The van der Waals surface area contributed by atoms with Crippen molar-refractivity contribution in [1.82, 2.24) is 4.98 Å². The average molecular weight is 321 g/mol. The molecule has 0 aliphatic rings. The van der Waals surface area contributed by atoms with E-state index in [0.29, 0.717) is 18.7 Å². The summed E-state index contributed by atoms with van der Waals surface area (Å²) in [6, 6.07) is 21.8. The summed E-state index contributed by atoms with van der Waals surface area (Å²) < 4.78 is 13.5. The van der Waals surface area contributed by atoms with E-state index in [2.05, 4.69) is 34.1 Å². The number of anilines is 1. The fraction of sp³-hybridized carbons (Fsp3) is 0.150. The van der Waals surface area contributed by atoms with Crippen LogP contribution in [0, 0.1) is 5.82 Å². The molecule has 4 heteroatoms. The lowest BCUT2D eigenvalue weighted by molar-refractivity contribution is 0.616. The first-order valence-corrected chi connectivity index (χ1v) is 7.93. The van der Waals surface area contributed by atoms with Crippen LogP contribution in [0.4, 0.5) is 10.2 Å². The molecule has 24 heavy (non-hydrogen) atoms. The molecule has 0 atom stereocenters. The predicted molar refractivity (Wildman–Crippen MR) is 94.9 cm³/mol. The first-order chi connectivity index (χ1) is 11.8. The molecule has 3 nitrogen and oxygen atoms in total. The van der Waals surface area contributed by atoms with Gasteiger partial charge in [-0.15, -0.1) is 0 Å². The van der Waals surface area contributed by atoms with Crippen molar-refractivity contribution in [3.05, 3.63) is 95.4 Å². The van der Waals surface area contributed by atoms with Crippen LogP contribution in [0.5, 0.6) is 0 Å². The molecule has 122 valence electrons. The van der Waals surface area contributed by atoms with E-state index >= 15 is 0 Å². The Labute approximate surface area is 141 Å². The van der Waals surface area contributed by atoms with E-state index in [-0.39, 0.29) is 12.4 Å². The lowest BCUT2D eigenvalue weighted by Crippen LogP contribution is -2.25. The van der Waals surface area contributed by atoms with Crippen molar-refractivity contribution in [1.29, 1.82) is 0 Å². The standard InChI is InChI=1S/C20H20FN3/c21-19-11-18(12-22)20(23-13-19)24(14-16-7-3-1-4-8-16)15-17-9-5-2-6-10-17/h1-11,13H,12,14-15,22H2. The van der Waals surface area contributed by atoms with Gasteiger partial charge in [-0.1, -0.05) is 60.7 Å². The van der Waals surface area contributed by atoms with Crippen LogP contribution >= 0.6 is 0 Å². The highest BCUT2D eigenvalue weighted by Gasteiger charge is 2.14. The minimum atomic E-state index is -0.362. The lowest BCUT2D eigenvalue weighted by atomic mass is 10.1. The van der Waals surface area contributed by atoms with Crippen LogP contribution in [0.25, 0.3) is 0 Å². The maximum atomic E-state index is 13.5. The highest BCUT2D eigenvalue weighted by molar-refractivity contribution is 5.48. The Morgan fingerprint density at radius 3 is 1.92 bits per heavy atom. The van der Waals surface area contributed by atoms with E-state index in [4.69, 9.17) is 5.73 Å². The van der Waals surface area contributed by atoms with Gasteiger partial charge in [-0.05, 0) is 17.2 Å². The molecule has 0 radical (unpaired) electrons. The molecular formula is C20H20FN3. The Morgan fingerprint density at radius 1 is 0.875 bits per heavy atom. The van der Waals surface area contributed by atoms with E-state index in [0.717, 1.165) is 5.82 Å². The summed E-state index contributed by atoms with van der Waals surface area (Å²) in [5.41, 5.74) is 8.86. The van der Waals surface area contributed by atoms with Gasteiger partial charge in [0.05, 0.1) is 6.20 Å². The van der Waals surface area contributed by atoms with Gasteiger partial charge in [0, 0.05) is 25.2 Å². The van der Waals surface area contributed by atoms with Gasteiger partial charge in [0.25, 0.3) is 0 Å². The molecule has 0 saturated carbocycles. The van der Waals surface area contributed by atoms with Gasteiger partial charge >= 0.3 is 0 Å². The summed E-state index contributed by atoms with van der Waals surface area (Å²) in [5, 5.41) is 0. The molecule has 1 aromatic heterocycles. The highest BCUT2D eigenvalue weighted by atomic mass is 19.1. The van der Waals surface area contributed by atoms with Gasteiger partial charge in [0.2, 0.25) is 0 Å². The molecule has 3 aromatic rings. The van der Waals surface area contributed by atoms with Crippen LogP contribution < -0.4 is 10.6 Å². The first kappa shape index (κ1) is 16.1. The van der Waals surface area contributed by atoms with Gasteiger partial charge in [-0.25, -0.2) is 9.37 Å². The Kier molecular flexibility index (Phi) is 5.18.